The SMILES string of the molecule is CN(C)CCN1CC[N+](C)(C)CC1. The summed E-state index contributed by atoms with van der Waals surface area (Å²) in [6, 6.07) is 0. The molecular formula is C10H24N3+. The summed E-state index contributed by atoms with van der Waals surface area (Å²) in [5, 5.41) is 0. The molecule has 0 aromatic heterocycles. The van der Waals surface area contributed by atoms with E-state index < -0.39 is 0 Å². The quantitative estimate of drug-likeness (QED) is 0.570. The fraction of sp³-hybridized carbons (Fsp3) is 1.00. The van der Waals surface area contributed by atoms with Gasteiger partial charge in [-0.25, -0.2) is 0 Å². The molecule has 1 aliphatic heterocycles. The van der Waals surface area contributed by atoms with Crippen molar-refractivity contribution in [2.75, 3.05) is 67.5 Å². The Morgan fingerprint density at radius 2 is 1.69 bits per heavy atom. The van der Waals surface area contributed by atoms with Crippen LogP contribution in [0.2, 0.25) is 0 Å². The maximum atomic E-state index is 2.57. The van der Waals surface area contributed by atoms with E-state index >= 15 is 0 Å². The Labute approximate surface area is 82.5 Å². The Bertz CT molecular complexity index is 141. The van der Waals surface area contributed by atoms with Crippen LogP contribution in [-0.2, 0) is 0 Å². The number of rotatable bonds is 3. The van der Waals surface area contributed by atoms with Crippen molar-refractivity contribution in [1.82, 2.24) is 9.80 Å². The highest BCUT2D eigenvalue weighted by atomic mass is 15.4. The lowest BCUT2D eigenvalue weighted by Gasteiger charge is -2.39. The highest BCUT2D eigenvalue weighted by Crippen LogP contribution is 2.05. The van der Waals surface area contributed by atoms with Crippen LogP contribution in [0.3, 0.4) is 0 Å². The average molecular weight is 186 g/mol. The van der Waals surface area contributed by atoms with E-state index in [0.717, 1.165) is 0 Å². The first kappa shape index (κ1) is 11.0. The molecular weight excluding hydrogens is 162 g/mol. The molecule has 0 unspecified atom stereocenters. The third-order valence-corrected chi connectivity index (χ3v) is 2.91. The van der Waals surface area contributed by atoms with Crippen LogP contribution >= 0.6 is 0 Å². The maximum absolute atomic E-state index is 2.57. The first-order chi connectivity index (χ1) is 5.99. The number of piperazine rings is 1. The molecule has 0 spiro atoms. The van der Waals surface area contributed by atoms with E-state index in [-0.39, 0.29) is 0 Å². The van der Waals surface area contributed by atoms with Crippen LogP contribution in [0.1, 0.15) is 0 Å². The Morgan fingerprint density at radius 1 is 1.15 bits per heavy atom. The fourth-order valence-corrected chi connectivity index (χ4v) is 1.61. The van der Waals surface area contributed by atoms with Gasteiger partial charge < -0.3 is 9.38 Å². The van der Waals surface area contributed by atoms with Gasteiger partial charge in [0.1, 0.15) is 0 Å². The molecule has 1 rings (SSSR count). The van der Waals surface area contributed by atoms with E-state index in [1.807, 2.05) is 0 Å². The largest absolute Gasteiger partial charge is 0.326 e. The molecule has 0 aromatic carbocycles. The van der Waals surface area contributed by atoms with Crippen LogP contribution in [-0.4, -0.2) is 81.7 Å². The Hall–Kier alpha value is -0.120. The van der Waals surface area contributed by atoms with Gasteiger partial charge in [0.25, 0.3) is 0 Å². The molecule has 3 heteroatoms. The normalized spacial score (nSPS) is 23.8. The van der Waals surface area contributed by atoms with Crippen LogP contribution < -0.4 is 0 Å². The van der Waals surface area contributed by atoms with Gasteiger partial charge in [0.15, 0.2) is 0 Å². The molecule has 0 N–H and O–H groups in total. The van der Waals surface area contributed by atoms with Gasteiger partial charge in [-0.1, -0.05) is 0 Å². The highest BCUT2D eigenvalue weighted by molar-refractivity contribution is 4.63. The average Bonchev–Trinajstić information content (AvgIpc) is 2.02. The zero-order valence-corrected chi connectivity index (χ0v) is 9.58. The number of likely N-dealkylation sites (N-methyl/N-ethyl adjacent to an activating group) is 2. The maximum Gasteiger partial charge on any atom is 0.0912 e. The van der Waals surface area contributed by atoms with E-state index in [4.69, 9.17) is 0 Å². The number of hydrogen-bond donors (Lipinski definition) is 0. The van der Waals surface area contributed by atoms with Gasteiger partial charge in [-0.3, -0.25) is 4.90 Å². The molecule has 0 radical (unpaired) electrons. The molecule has 0 aromatic rings. The van der Waals surface area contributed by atoms with Gasteiger partial charge in [-0.2, -0.15) is 0 Å². The zero-order chi connectivity index (χ0) is 9.90. The molecule has 1 aliphatic rings. The fourth-order valence-electron chi connectivity index (χ4n) is 1.61. The summed E-state index contributed by atoms with van der Waals surface area (Å²) in [4.78, 5) is 4.83. The van der Waals surface area contributed by atoms with Gasteiger partial charge in [0, 0.05) is 26.2 Å². The van der Waals surface area contributed by atoms with Crippen molar-refractivity contribution in [2.45, 2.75) is 0 Å². The molecule has 0 atom stereocenters. The van der Waals surface area contributed by atoms with E-state index in [0.29, 0.717) is 0 Å². The third-order valence-electron chi connectivity index (χ3n) is 2.91. The van der Waals surface area contributed by atoms with E-state index in [9.17, 15) is 0 Å². The first-order valence-corrected chi connectivity index (χ1v) is 5.19. The second kappa shape index (κ2) is 4.40. The minimum atomic E-state index is 1.19. The molecule has 1 heterocycles. The van der Waals surface area contributed by atoms with Crippen molar-refractivity contribution in [3.63, 3.8) is 0 Å². The standard InChI is InChI=1S/C10H24N3/c1-11(2)5-6-12-7-9-13(3,4)10-8-12/h5-10H2,1-4H3/q+1. The van der Waals surface area contributed by atoms with Gasteiger partial charge in [0.05, 0.1) is 27.2 Å². The Balaban J connectivity index is 2.18. The van der Waals surface area contributed by atoms with Crippen LogP contribution in [0.25, 0.3) is 0 Å². The molecule has 0 aliphatic carbocycles. The Morgan fingerprint density at radius 3 is 2.15 bits per heavy atom. The second-order valence-electron chi connectivity index (χ2n) is 5.03. The van der Waals surface area contributed by atoms with Crippen molar-refractivity contribution >= 4 is 0 Å². The molecule has 1 fully saturated rings. The van der Waals surface area contributed by atoms with E-state index in [1.54, 1.807) is 0 Å². The van der Waals surface area contributed by atoms with Crippen molar-refractivity contribution < 1.29 is 4.48 Å². The van der Waals surface area contributed by atoms with Crippen LogP contribution in [0.5, 0.6) is 0 Å². The molecule has 1 saturated heterocycles. The predicted molar refractivity (Wildman–Crippen MR) is 56.8 cm³/mol. The van der Waals surface area contributed by atoms with Crippen molar-refractivity contribution in [3.8, 4) is 0 Å². The summed E-state index contributed by atoms with van der Waals surface area (Å²) in [6.45, 7) is 7.54. The zero-order valence-electron chi connectivity index (χ0n) is 9.58. The van der Waals surface area contributed by atoms with Crippen LogP contribution in [0.4, 0.5) is 0 Å². The lowest BCUT2D eigenvalue weighted by Crippen LogP contribution is -2.55. The summed E-state index contributed by atoms with van der Waals surface area (Å²) < 4.78 is 1.19. The number of quaternary nitrogens is 1. The molecule has 13 heavy (non-hydrogen) atoms. The number of hydrogen-bond acceptors (Lipinski definition) is 2. The molecule has 0 bridgehead atoms. The van der Waals surface area contributed by atoms with Gasteiger partial charge in [-0.05, 0) is 14.1 Å². The molecule has 0 amide bonds. The molecule has 0 saturated carbocycles. The van der Waals surface area contributed by atoms with Crippen molar-refractivity contribution in [3.05, 3.63) is 0 Å². The molecule has 78 valence electrons. The van der Waals surface area contributed by atoms with E-state index in [2.05, 4.69) is 38.0 Å². The van der Waals surface area contributed by atoms with Crippen LogP contribution in [0.15, 0.2) is 0 Å². The summed E-state index contributed by atoms with van der Waals surface area (Å²) in [5.41, 5.74) is 0. The lowest BCUT2D eigenvalue weighted by atomic mass is 10.3. The van der Waals surface area contributed by atoms with Gasteiger partial charge >= 0.3 is 0 Å². The summed E-state index contributed by atoms with van der Waals surface area (Å²) >= 11 is 0. The smallest absolute Gasteiger partial charge is 0.0912 e. The van der Waals surface area contributed by atoms with Gasteiger partial charge in [0.2, 0.25) is 0 Å². The van der Waals surface area contributed by atoms with Crippen molar-refractivity contribution in [1.29, 1.82) is 0 Å². The van der Waals surface area contributed by atoms with E-state index in [1.165, 1.54) is 43.8 Å². The Kier molecular flexibility index (Phi) is 3.71. The molecule has 3 nitrogen and oxygen atoms in total. The first-order valence-electron chi connectivity index (χ1n) is 5.19. The number of nitrogens with zero attached hydrogens (tertiary/aromatic N) is 3. The van der Waals surface area contributed by atoms with Crippen molar-refractivity contribution in [2.24, 2.45) is 0 Å². The topological polar surface area (TPSA) is 6.48 Å². The highest BCUT2D eigenvalue weighted by Gasteiger charge is 2.23. The minimum absolute atomic E-state index is 1.19. The van der Waals surface area contributed by atoms with Gasteiger partial charge in [-0.15, -0.1) is 0 Å². The van der Waals surface area contributed by atoms with Crippen LogP contribution in [0, 0.1) is 0 Å². The summed E-state index contributed by atoms with van der Waals surface area (Å²) in [6.07, 6.45) is 0. The summed E-state index contributed by atoms with van der Waals surface area (Å²) in [7, 11) is 8.93. The predicted octanol–water partition coefficient (Wildman–Crippen LogP) is -0.0600. The minimum Gasteiger partial charge on any atom is -0.326 e. The second-order valence-corrected chi connectivity index (χ2v) is 5.03. The third kappa shape index (κ3) is 4.07. The lowest BCUT2D eigenvalue weighted by molar-refractivity contribution is -0.894. The monoisotopic (exact) mass is 186 g/mol. The summed E-state index contributed by atoms with van der Waals surface area (Å²) in [5.74, 6) is 0.